The number of nitrogens with two attached hydrogens (primary N) is 1. The van der Waals surface area contributed by atoms with Gasteiger partial charge >= 0.3 is 0 Å². The Morgan fingerprint density at radius 3 is 2.75 bits per heavy atom. The van der Waals surface area contributed by atoms with E-state index < -0.39 is 0 Å². The molecule has 1 aliphatic heterocycles. The van der Waals surface area contributed by atoms with Crippen LogP contribution in [0.3, 0.4) is 0 Å². The quantitative estimate of drug-likeness (QED) is 0.789. The zero-order valence-corrected chi connectivity index (χ0v) is 13.4. The van der Waals surface area contributed by atoms with Crippen LogP contribution in [0.5, 0.6) is 5.75 Å². The number of ether oxygens (including phenoxy) is 1. The zero-order valence-electron chi connectivity index (χ0n) is 11.1. The summed E-state index contributed by atoms with van der Waals surface area (Å²) in [5, 5.41) is 0.692. The number of aryl methyl sites for hydroxylation is 1. The van der Waals surface area contributed by atoms with E-state index in [9.17, 15) is 0 Å². The number of rotatable bonds is 1. The summed E-state index contributed by atoms with van der Waals surface area (Å²) in [6.07, 6.45) is 0.711. The van der Waals surface area contributed by atoms with E-state index in [1.807, 2.05) is 18.2 Å². The third-order valence-corrected chi connectivity index (χ3v) is 4.53. The molecule has 2 atom stereocenters. The summed E-state index contributed by atoms with van der Waals surface area (Å²) in [6.45, 7) is 2.07. The molecule has 1 heterocycles. The van der Waals surface area contributed by atoms with Crippen LogP contribution in [0.1, 0.15) is 35.3 Å². The lowest BCUT2D eigenvalue weighted by molar-refractivity contribution is 0.161. The highest BCUT2D eigenvalue weighted by Crippen LogP contribution is 2.42. The Morgan fingerprint density at radius 2 is 2.00 bits per heavy atom. The molecule has 0 fully saturated rings. The van der Waals surface area contributed by atoms with Crippen LogP contribution in [0, 0.1) is 6.92 Å². The van der Waals surface area contributed by atoms with E-state index in [-0.39, 0.29) is 12.1 Å². The van der Waals surface area contributed by atoms with Crippen LogP contribution in [-0.2, 0) is 0 Å². The fourth-order valence-corrected chi connectivity index (χ4v) is 3.49. The molecule has 20 heavy (non-hydrogen) atoms. The van der Waals surface area contributed by atoms with Gasteiger partial charge in [-0.15, -0.1) is 0 Å². The molecule has 2 aromatic carbocycles. The molecule has 0 bridgehead atoms. The van der Waals surface area contributed by atoms with E-state index in [0.29, 0.717) is 5.02 Å². The smallest absolute Gasteiger partial charge is 0.127 e. The molecule has 104 valence electrons. The number of halogens is 2. The maximum atomic E-state index is 6.27. The highest BCUT2D eigenvalue weighted by Gasteiger charge is 2.28. The van der Waals surface area contributed by atoms with Gasteiger partial charge in [-0.3, -0.25) is 0 Å². The summed E-state index contributed by atoms with van der Waals surface area (Å²) < 4.78 is 7.16. The molecule has 2 aromatic rings. The van der Waals surface area contributed by atoms with Crippen molar-refractivity contribution in [3.8, 4) is 5.75 Å². The van der Waals surface area contributed by atoms with Crippen molar-refractivity contribution in [2.75, 3.05) is 0 Å². The minimum atomic E-state index is -0.0596. The Morgan fingerprint density at radius 1 is 1.20 bits per heavy atom. The van der Waals surface area contributed by atoms with E-state index in [1.165, 1.54) is 5.56 Å². The van der Waals surface area contributed by atoms with Crippen molar-refractivity contribution in [3.63, 3.8) is 0 Å². The Bertz CT molecular complexity index is 659. The first-order valence-corrected chi connectivity index (χ1v) is 7.69. The van der Waals surface area contributed by atoms with Gasteiger partial charge in [-0.1, -0.05) is 39.7 Å². The molecule has 0 saturated carbocycles. The number of benzene rings is 2. The third kappa shape index (κ3) is 2.58. The van der Waals surface area contributed by atoms with Gasteiger partial charge in [0.15, 0.2) is 0 Å². The van der Waals surface area contributed by atoms with E-state index in [2.05, 4.69) is 41.1 Å². The maximum absolute atomic E-state index is 6.27. The van der Waals surface area contributed by atoms with Crippen LogP contribution in [-0.4, -0.2) is 0 Å². The third-order valence-electron chi connectivity index (χ3n) is 3.61. The van der Waals surface area contributed by atoms with Gasteiger partial charge in [-0.25, -0.2) is 0 Å². The first-order chi connectivity index (χ1) is 9.54. The minimum Gasteiger partial charge on any atom is -0.485 e. The lowest BCUT2D eigenvalue weighted by Gasteiger charge is -2.31. The van der Waals surface area contributed by atoms with Gasteiger partial charge in [-0.2, -0.15) is 0 Å². The Labute approximate surface area is 132 Å². The molecule has 0 aromatic heterocycles. The van der Waals surface area contributed by atoms with Crippen LogP contribution in [0.15, 0.2) is 40.9 Å². The molecule has 1 unspecified atom stereocenters. The van der Waals surface area contributed by atoms with E-state index in [1.54, 1.807) is 0 Å². The molecule has 0 amide bonds. The Hall–Kier alpha value is -1.03. The van der Waals surface area contributed by atoms with Crippen LogP contribution < -0.4 is 10.5 Å². The second-order valence-electron chi connectivity index (χ2n) is 5.16. The van der Waals surface area contributed by atoms with Gasteiger partial charge in [-0.05, 0) is 36.8 Å². The highest BCUT2D eigenvalue weighted by atomic mass is 79.9. The van der Waals surface area contributed by atoms with Crippen molar-refractivity contribution < 1.29 is 4.74 Å². The van der Waals surface area contributed by atoms with Crippen LogP contribution in [0.2, 0.25) is 5.02 Å². The number of hydrogen-bond acceptors (Lipinski definition) is 2. The monoisotopic (exact) mass is 351 g/mol. The summed E-state index contributed by atoms with van der Waals surface area (Å²) in [5.41, 5.74) is 9.60. The van der Waals surface area contributed by atoms with Crippen LogP contribution >= 0.6 is 27.5 Å². The van der Waals surface area contributed by atoms with Crippen molar-refractivity contribution >= 4 is 27.5 Å². The van der Waals surface area contributed by atoms with Gasteiger partial charge in [0.05, 0.1) is 0 Å². The normalized spacial score (nSPS) is 21.2. The molecule has 2 nitrogen and oxygen atoms in total. The predicted molar refractivity (Wildman–Crippen MR) is 85.2 cm³/mol. The van der Waals surface area contributed by atoms with E-state index in [0.717, 1.165) is 27.8 Å². The lowest BCUT2D eigenvalue weighted by atomic mass is 9.93. The molecule has 1 aliphatic rings. The van der Waals surface area contributed by atoms with Crippen molar-refractivity contribution in [2.45, 2.75) is 25.5 Å². The number of hydrogen-bond donors (Lipinski definition) is 1. The summed E-state index contributed by atoms with van der Waals surface area (Å²) in [5.74, 6) is 0.825. The molecule has 3 rings (SSSR count). The SMILES string of the molecule is Cc1ccc(C2C[C@H](N)c3cc(Cl)ccc3O2)c(Br)c1. The van der Waals surface area contributed by atoms with Gasteiger partial charge in [0, 0.05) is 33.1 Å². The van der Waals surface area contributed by atoms with Crippen LogP contribution in [0.25, 0.3) is 0 Å². The first kappa shape index (κ1) is 13.9. The van der Waals surface area contributed by atoms with Crippen molar-refractivity contribution in [1.82, 2.24) is 0 Å². The van der Waals surface area contributed by atoms with Crippen LogP contribution in [0.4, 0.5) is 0 Å². The fraction of sp³-hybridized carbons (Fsp3) is 0.250. The average molecular weight is 353 g/mol. The standard InChI is InChI=1S/C16H15BrClNO/c1-9-2-4-11(13(17)6-9)16-8-14(19)12-7-10(18)3-5-15(12)20-16/h2-7,14,16H,8,19H2,1H3/t14-,16?/m0/s1. The second kappa shape index (κ2) is 5.40. The molecular weight excluding hydrogens is 338 g/mol. The molecule has 0 saturated heterocycles. The summed E-state index contributed by atoms with van der Waals surface area (Å²) >= 11 is 9.63. The summed E-state index contributed by atoms with van der Waals surface area (Å²) in [6, 6.07) is 11.8. The first-order valence-electron chi connectivity index (χ1n) is 6.52. The molecular formula is C16H15BrClNO. The zero-order chi connectivity index (χ0) is 14.3. The van der Waals surface area contributed by atoms with Crippen molar-refractivity contribution in [1.29, 1.82) is 0 Å². The van der Waals surface area contributed by atoms with Gasteiger partial charge in [0.1, 0.15) is 11.9 Å². The topological polar surface area (TPSA) is 35.2 Å². The van der Waals surface area contributed by atoms with E-state index >= 15 is 0 Å². The van der Waals surface area contributed by atoms with Crippen molar-refractivity contribution in [3.05, 3.63) is 62.6 Å². The second-order valence-corrected chi connectivity index (χ2v) is 6.45. The Balaban J connectivity index is 1.97. The molecule has 0 aliphatic carbocycles. The fourth-order valence-electron chi connectivity index (χ4n) is 2.56. The lowest BCUT2D eigenvalue weighted by Crippen LogP contribution is -2.24. The summed E-state index contributed by atoms with van der Waals surface area (Å²) in [7, 11) is 0. The summed E-state index contributed by atoms with van der Waals surface area (Å²) in [4.78, 5) is 0. The minimum absolute atomic E-state index is 0.0337. The van der Waals surface area contributed by atoms with Gasteiger partial charge in [0.25, 0.3) is 0 Å². The van der Waals surface area contributed by atoms with Crippen molar-refractivity contribution in [2.24, 2.45) is 5.73 Å². The highest BCUT2D eigenvalue weighted by molar-refractivity contribution is 9.10. The van der Waals surface area contributed by atoms with Gasteiger partial charge in [0.2, 0.25) is 0 Å². The Kier molecular flexibility index (Phi) is 3.76. The molecule has 0 radical (unpaired) electrons. The largest absolute Gasteiger partial charge is 0.485 e. The molecule has 0 spiro atoms. The average Bonchev–Trinajstić information content (AvgIpc) is 2.39. The molecule has 2 N–H and O–H groups in total. The molecule has 4 heteroatoms. The number of fused-ring (bicyclic) bond motifs is 1. The maximum Gasteiger partial charge on any atom is 0.127 e. The van der Waals surface area contributed by atoms with Gasteiger partial charge < -0.3 is 10.5 Å². The predicted octanol–water partition coefficient (Wildman–Crippen LogP) is 4.93. The van der Waals surface area contributed by atoms with E-state index in [4.69, 9.17) is 22.1 Å².